The number of nitrogens with one attached hydrogen (secondary N) is 2. The van der Waals surface area contributed by atoms with Gasteiger partial charge in [0, 0.05) is 13.1 Å². The Balaban J connectivity index is 2.70. The Labute approximate surface area is 117 Å². The SMILES string of the molecule is C=CCCOCCNc1c(N)n(CCC)c(=O)[nH]c1=O. The molecule has 1 aromatic rings. The first kappa shape index (κ1) is 16.0. The average Bonchev–Trinajstić information content (AvgIpc) is 2.41. The molecular formula is C13H22N4O3. The summed E-state index contributed by atoms with van der Waals surface area (Å²) in [6.45, 7) is 7.46. The maximum absolute atomic E-state index is 11.7. The fourth-order valence-electron chi connectivity index (χ4n) is 1.72. The molecule has 1 aromatic heterocycles. The van der Waals surface area contributed by atoms with E-state index in [1.54, 1.807) is 6.08 Å². The Hall–Kier alpha value is -2.02. The van der Waals surface area contributed by atoms with E-state index in [0.717, 1.165) is 12.8 Å². The van der Waals surface area contributed by atoms with Gasteiger partial charge in [0.1, 0.15) is 11.5 Å². The van der Waals surface area contributed by atoms with E-state index in [1.807, 2.05) is 6.92 Å². The summed E-state index contributed by atoms with van der Waals surface area (Å²) in [5.74, 6) is 0.159. The van der Waals surface area contributed by atoms with E-state index in [9.17, 15) is 9.59 Å². The third kappa shape index (κ3) is 4.27. The van der Waals surface area contributed by atoms with Crippen LogP contribution in [0.5, 0.6) is 0 Å². The van der Waals surface area contributed by atoms with E-state index in [1.165, 1.54) is 4.57 Å². The Morgan fingerprint density at radius 3 is 2.85 bits per heavy atom. The standard InChI is InChI=1S/C13H22N4O3/c1-3-5-8-20-9-6-15-10-11(14)17(7-4-2)13(19)16-12(10)18/h3,15H,1,4-9,14H2,2H3,(H,16,18,19). The molecule has 0 spiro atoms. The normalized spacial score (nSPS) is 10.4. The van der Waals surface area contributed by atoms with Crippen LogP contribution in [0.1, 0.15) is 19.8 Å². The van der Waals surface area contributed by atoms with Crippen LogP contribution in [0.3, 0.4) is 0 Å². The zero-order valence-electron chi connectivity index (χ0n) is 11.8. The summed E-state index contributed by atoms with van der Waals surface area (Å²) in [4.78, 5) is 25.6. The number of nitrogens with two attached hydrogens (primary N) is 1. The molecule has 0 aliphatic carbocycles. The van der Waals surface area contributed by atoms with E-state index in [-0.39, 0.29) is 11.5 Å². The lowest BCUT2D eigenvalue weighted by molar-refractivity contribution is 0.149. The first-order valence-corrected chi connectivity index (χ1v) is 6.66. The van der Waals surface area contributed by atoms with Gasteiger partial charge in [-0.3, -0.25) is 14.3 Å². The maximum Gasteiger partial charge on any atom is 0.330 e. The van der Waals surface area contributed by atoms with Crippen LogP contribution in [0.25, 0.3) is 0 Å². The molecule has 0 amide bonds. The second-order valence-corrected chi connectivity index (χ2v) is 4.29. The minimum absolute atomic E-state index is 0.159. The number of aromatic amines is 1. The molecule has 0 atom stereocenters. The van der Waals surface area contributed by atoms with Crippen molar-refractivity contribution >= 4 is 11.5 Å². The fourth-order valence-corrected chi connectivity index (χ4v) is 1.72. The van der Waals surface area contributed by atoms with E-state index >= 15 is 0 Å². The zero-order chi connectivity index (χ0) is 15.0. The molecule has 20 heavy (non-hydrogen) atoms. The van der Waals surface area contributed by atoms with Gasteiger partial charge in [-0.05, 0) is 12.8 Å². The molecule has 1 rings (SSSR count). The van der Waals surface area contributed by atoms with Gasteiger partial charge in [0.15, 0.2) is 0 Å². The van der Waals surface area contributed by atoms with Gasteiger partial charge in [-0.2, -0.15) is 0 Å². The summed E-state index contributed by atoms with van der Waals surface area (Å²) in [7, 11) is 0. The number of hydrogen-bond donors (Lipinski definition) is 3. The van der Waals surface area contributed by atoms with E-state index in [0.29, 0.717) is 26.3 Å². The minimum atomic E-state index is -0.508. The highest BCUT2D eigenvalue weighted by Gasteiger charge is 2.10. The molecule has 7 heteroatoms. The number of aromatic nitrogens is 2. The van der Waals surface area contributed by atoms with Crippen LogP contribution >= 0.6 is 0 Å². The van der Waals surface area contributed by atoms with Crippen molar-refractivity contribution in [1.29, 1.82) is 0 Å². The number of H-pyrrole nitrogens is 1. The molecular weight excluding hydrogens is 260 g/mol. The highest BCUT2D eigenvalue weighted by molar-refractivity contribution is 5.60. The van der Waals surface area contributed by atoms with E-state index in [2.05, 4.69) is 16.9 Å². The quantitative estimate of drug-likeness (QED) is 0.453. The van der Waals surface area contributed by atoms with Crippen molar-refractivity contribution in [2.24, 2.45) is 0 Å². The first-order valence-electron chi connectivity index (χ1n) is 6.66. The molecule has 0 saturated carbocycles. The van der Waals surface area contributed by atoms with E-state index < -0.39 is 11.2 Å². The Kier molecular flexibility index (Phi) is 6.58. The van der Waals surface area contributed by atoms with Crippen molar-refractivity contribution in [2.75, 3.05) is 30.8 Å². The average molecular weight is 282 g/mol. The lowest BCUT2D eigenvalue weighted by Gasteiger charge is -2.13. The minimum Gasteiger partial charge on any atom is -0.383 e. The molecule has 0 aliphatic heterocycles. The molecule has 1 heterocycles. The molecule has 0 fully saturated rings. The molecule has 7 nitrogen and oxygen atoms in total. The van der Waals surface area contributed by atoms with Crippen molar-refractivity contribution in [3.63, 3.8) is 0 Å². The number of anilines is 2. The third-order valence-corrected chi connectivity index (χ3v) is 2.70. The van der Waals surface area contributed by atoms with Gasteiger partial charge in [0.05, 0.1) is 13.2 Å². The van der Waals surface area contributed by atoms with Crippen LogP contribution in [-0.4, -0.2) is 29.3 Å². The summed E-state index contributed by atoms with van der Waals surface area (Å²) in [6, 6.07) is 0. The van der Waals surface area contributed by atoms with Gasteiger partial charge in [0.2, 0.25) is 0 Å². The zero-order valence-corrected chi connectivity index (χ0v) is 11.8. The van der Waals surface area contributed by atoms with Crippen LogP contribution < -0.4 is 22.3 Å². The predicted octanol–water partition coefficient (Wildman–Crippen LogP) is 0.533. The molecule has 0 bridgehead atoms. The monoisotopic (exact) mass is 282 g/mol. The van der Waals surface area contributed by atoms with Gasteiger partial charge < -0.3 is 15.8 Å². The van der Waals surface area contributed by atoms with Crippen LogP contribution in [0, 0.1) is 0 Å². The second kappa shape index (κ2) is 8.21. The van der Waals surface area contributed by atoms with Gasteiger partial charge in [0.25, 0.3) is 5.56 Å². The summed E-state index contributed by atoms with van der Waals surface area (Å²) in [5, 5.41) is 2.90. The summed E-state index contributed by atoms with van der Waals surface area (Å²) >= 11 is 0. The summed E-state index contributed by atoms with van der Waals surface area (Å²) in [5.41, 5.74) is 5.08. The van der Waals surface area contributed by atoms with Crippen LogP contribution in [-0.2, 0) is 11.3 Å². The molecule has 0 aliphatic rings. The van der Waals surface area contributed by atoms with Gasteiger partial charge in [-0.1, -0.05) is 13.0 Å². The van der Waals surface area contributed by atoms with Crippen molar-refractivity contribution in [2.45, 2.75) is 26.3 Å². The van der Waals surface area contributed by atoms with Gasteiger partial charge in [-0.25, -0.2) is 4.79 Å². The van der Waals surface area contributed by atoms with Crippen molar-refractivity contribution in [3.05, 3.63) is 33.5 Å². The fraction of sp³-hybridized carbons (Fsp3) is 0.538. The molecule has 0 saturated heterocycles. The van der Waals surface area contributed by atoms with Crippen LogP contribution in [0.4, 0.5) is 11.5 Å². The number of hydrogen-bond acceptors (Lipinski definition) is 5. The summed E-state index contributed by atoms with van der Waals surface area (Å²) in [6.07, 6.45) is 3.31. The molecule has 0 radical (unpaired) electrons. The number of nitrogens with zero attached hydrogens (tertiary/aromatic N) is 1. The highest BCUT2D eigenvalue weighted by Crippen LogP contribution is 2.09. The predicted molar refractivity (Wildman–Crippen MR) is 80.1 cm³/mol. The molecule has 0 aromatic carbocycles. The lowest BCUT2D eigenvalue weighted by Crippen LogP contribution is -2.34. The Bertz CT molecular complexity index is 548. The number of ether oxygens (including phenoxy) is 1. The molecule has 0 unspecified atom stereocenters. The topological polar surface area (TPSA) is 102 Å². The molecule has 4 N–H and O–H groups in total. The number of rotatable bonds is 9. The van der Waals surface area contributed by atoms with Crippen molar-refractivity contribution in [3.8, 4) is 0 Å². The molecule has 112 valence electrons. The van der Waals surface area contributed by atoms with Crippen LogP contribution in [0.2, 0.25) is 0 Å². The maximum atomic E-state index is 11.7. The highest BCUT2D eigenvalue weighted by atomic mass is 16.5. The van der Waals surface area contributed by atoms with Crippen LogP contribution in [0.15, 0.2) is 22.2 Å². The smallest absolute Gasteiger partial charge is 0.330 e. The second-order valence-electron chi connectivity index (χ2n) is 4.29. The van der Waals surface area contributed by atoms with Gasteiger partial charge in [-0.15, -0.1) is 6.58 Å². The third-order valence-electron chi connectivity index (χ3n) is 2.70. The van der Waals surface area contributed by atoms with Crippen molar-refractivity contribution in [1.82, 2.24) is 9.55 Å². The number of nitrogen functional groups attached to an aromatic ring is 1. The van der Waals surface area contributed by atoms with E-state index in [4.69, 9.17) is 10.5 Å². The largest absolute Gasteiger partial charge is 0.383 e. The summed E-state index contributed by atoms with van der Waals surface area (Å²) < 4.78 is 6.67. The Morgan fingerprint density at radius 1 is 1.45 bits per heavy atom. The first-order chi connectivity index (χ1) is 9.61. The lowest BCUT2D eigenvalue weighted by atomic mass is 10.4. The van der Waals surface area contributed by atoms with Gasteiger partial charge >= 0.3 is 5.69 Å². The Morgan fingerprint density at radius 2 is 2.20 bits per heavy atom. The van der Waals surface area contributed by atoms with Crippen molar-refractivity contribution < 1.29 is 4.74 Å².